The molecule has 0 amide bonds. The van der Waals surface area contributed by atoms with Gasteiger partial charge in [0.05, 0.1) is 6.54 Å². The molecule has 0 spiro atoms. The number of oxazole rings is 1. The van der Waals surface area contributed by atoms with Crippen molar-refractivity contribution in [1.29, 1.82) is 0 Å². The molecule has 2 aromatic rings. The Morgan fingerprint density at radius 1 is 1.08 bits per heavy atom. The van der Waals surface area contributed by atoms with Gasteiger partial charge in [-0.05, 0) is 69.3 Å². The molecule has 0 saturated carbocycles. The zero-order valence-electron chi connectivity index (χ0n) is 14.8. The van der Waals surface area contributed by atoms with Gasteiger partial charge >= 0.3 is 0 Å². The second-order valence-corrected chi connectivity index (χ2v) is 7.80. The highest BCUT2D eigenvalue weighted by molar-refractivity contribution is 5.72. The van der Waals surface area contributed by atoms with E-state index >= 15 is 0 Å². The lowest BCUT2D eigenvalue weighted by molar-refractivity contribution is 0.104. The number of rotatable bonds is 4. The molecule has 2 saturated heterocycles. The maximum atomic E-state index is 5.90. The highest BCUT2D eigenvalue weighted by Gasteiger charge is 2.25. The molecule has 1 unspecified atom stereocenters. The summed E-state index contributed by atoms with van der Waals surface area (Å²) < 4.78 is 5.90. The fourth-order valence-corrected chi connectivity index (χ4v) is 4.23. The Morgan fingerprint density at radius 3 is 2.75 bits per heavy atom. The van der Waals surface area contributed by atoms with Crippen molar-refractivity contribution in [2.75, 3.05) is 32.7 Å². The number of benzene rings is 1. The van der Waals surface area contributed by atoms with E-state index in [1.165, 1.54) is 58.4 Å². The van der Waals surface area contributed by atoms with Gasteiger partial charge in [0.2, 0.25) is 5.89 Å². The normalized spacial score (nSPS) is 24.6. The SMILES string of the molecule is CC1CCN(CC2CCCN(Cc3nc4ccccc4o3)C2)CC1. The summed E-state index contributed by atoms with van der Waals surface area (Å²) in [6.45, 7) is 9.46. The number of piperidine rings is 2. The van der Waals surface area contributed by atoms with E-state index in [1.807, 2.05) is 24.3 Å². The van der Waals surface area contributed by atoms with Crippen LogP contribution in [0.5, 0.6) is 0 Å². The van der Waals surface area contributed by atoms with Gasteiger partial charge in [0.15, 0.2) is 5.58 Å². The van der Waals surface area contributed by atoms with Crippen molar-refractivity contribution in [2.45, 2.75) is 39.2 Å². The number of para-hydroxylation sites is 2. The molecule has 2 aliphatic heterocycles. The topological polar surface area (TPSA) is 32.5 Å². The van der Waals surface area contributed by atoms with E-state index < -0.39 is 0 Å². The van der Waals surface area contributed by atoms with Gasteiger partial charge in [0, 0.05) is 13.1 Å². The Kier molecular flexibility index (Phi) is 4.86. The Labute approximate surface area is 144 Å². The molecule has 0 bridgehead atoms. The Bertz CT molecular complexity index is 627. The average molecular weight is 327 g/mol. The summed E-state index contributed by atoms with van der Waals surface area (Å²) in [6, 6.07) is 8.06. The van der Waals surface area contributed by atoms with Crippen LogP contribution >= 0.6 is 0 Å². The monoisotopic (exact) mass is 327 g/mol. The van der Waals surface area contributed by atoms with Gasteiger partial charge in [-0.15, -0.1) is 0 Å². The average Bonchev–Trinajstić information content (AvgIpc) is 2.99. The van der Waals surface area contributed by atoms with Crippen LogP contribution in [0, 0.1) is 11.8 Å². The van der Waals surface area contributed by atoms with E-state index in [9.17, 15) is 0 Å². The summed E-state index contributed by atoms with van der Waals surface area (Å²) in [6.07, 6.45) is 5.42. The number of fused-ring (bicyclic) bond motifs is 1. The first kappa shape index (κ1) is 16.1. The lowest BCUT2D eigenvalue weighted by atomic mass is 9.94. The summed E-state index contributed by atoms with van der Waals surface area (Å²) in [7, 11) is 0. The molecule has 4 heteroatoms. The molecule has 4 rings (SSSR count). The molecule has 1 atom stereocenters. The fourth-order valence-electron chi connectivity index (χ4n) is 4.23. The Hall–Kier alpha value is -1.39. The molecular weight excluding hydrogens is 298 g/mol. The van der Waals surface area contributed by atoms with Crippen molar-refractivity contribution < 1.29 is 4.42 Å². The molecule has 2 aliphatic rings. The summed E-state index contributed by atoms with van der Waals surface area (Å²) in [5, 5.41) is 0. The van der Waals surface area contributed by atoms with Crippen LogP contribution < -0.4 is 0 Å². The van der Waals surface area contributed by atoms with Crippen LogP contribution in [0.2, 0.25) is 0 Å². The molecule has 0 aliphatic carbocycles. The first-order valence-electron chi connectivity index (χ1n) is 9.55. The molecule has 1 aromatic carbocycles. The molecule has 24 heavy (non-hydrogen) atoms. The zero-order chi connectivity index (χ0) is 16.4. The minimum atomic E-state index is 0.802. The van der Waals surface area contributed by atoms with E-state index in [-0.39, 0.29) is 0 Å². The van der Waals surface area contributed by atoms with Gasteiger partial charge < -0.3 is 9.32 Å². The molecule has 130 valence electrons. The van der Waals surface area contributed by atoms with Crippen LogP contribution in [0.3, 0.4) is 0 Å². The van der Waals surface area contributed by atoms with Gasteiger partial charge in [-0.3, -0.25) is 4.90 Å². The number of aromatic nitrogens is 1. The first-order valence-corrected chi connectivity index (χ1v) is 9.55. The maximum absolute atomic E-state index is 5.90. The van der Waals surface area contributed by atoms with E-state index in [4.69, 9.17) is 4.42 Å². The van der Waals surface area contributed by atoms with Crippen LogP contribution in [0.1, 0.15) is 38.5 Å². The lowest BCUT2D eigenvalue weighted by Gasteiger charge is -2.37. The third-order valence-electron chi connectivity index (χ3n) is 5.69. The van der Waals surface area contributed by atoms with Crippen LogP contribution in [-0.4, -0.2) is 47.5 Å². The fraction of sp³-hybridized carbons (Fsp3) is 0.650. The Morgan fingerprint density at radius 2 is 1.92 bits per heavy atom. The van der Waals surface area contributed by atoms with E-state index in [2.05, 4.69) is 21.7 Å². The quantitative estimate of drug-likeness (QED) is 0.856. The number of nitrogens with zero attached hydrogens (tertiary/aromatic N) is 3. The summed E-state index contributed by atoms with van der Waals surface area (Å²) >= 11 is 0. The van der Waals surface area contributed by atoms with Crippen molar-refractivity contribution in [3.8, 4) is 0 Å². The van der Waals surface area contributed by atoms with Crippen molar-refractivity contribution in [2.24, 2.45) is 11.8 Å². The predicted octanol–water partition coefficient (Wildman–Crippen LogP) is 3.77. The van der Waals surface area contributed by atoms with Crippen molar-refractivity contribution in [3.05, 3.63) is 30.2 Å². The minimum Gasteiger partial charge on any atom is -0.439 e. The van der Waals surface area contributed by atoms with Gasteiger partial charge in [0.25, 0.3) is 0 Å². The van der Waals surface area contributed by atoms with E-state index in [0.717, 1.165) is 35.4 Å². The molecule has 1 aromatic heterocycles. The first-order chi connectivity index (χ1) is 11.8. The van der Waals surface area contributed by atoms with Crippen LogP contribution in [0.15, 0.2) is 28.7 Å². The second-order valence-electron chi connectivity index (χ2n) is 7.80. The largest absolute Gasteiger partial charge is 0.439 e. The van der Waals surface area contributed by atoms with Gasteiger partial charge in [-0.25, -0.2) is 4.98 Å². The highest BCUT2D eigenvalue weighted by Crippen LogP contribution is 2.23. The molecular formula is C20H29N3O. The molecule has 0 N–H and O–H groups in total. The zero-order valence-corrected chi connectivity index (χ0v) is 14.8. The smallest absolute Gasteiger partial charge is 0.209 e. The van der Waals surface area contributed by atoms with Crippen molar-refractivity contribution >= 4 is 11.1 Å². The van der Waals surface area contributed by atoms with Gasteiger partial charge in [-0.2, -0.15) is 0 Å². The highest BCUT2D eigenvalue weighted by atomic mass is 16.3. The van der Waals surface area contributed by atoms with Crippen LogP contribution in [0.25, 0.3) is 11.1 Å². The number of likely N-dealkylation sites (tertiary alicyclic amines) is 2. The Balaban J connectivity index is 1.33. The number of hydrogen-bond acceptors (Lipinski definition) is 4. The van der Waals surface area contributed by atoms with E-state index in [0.29, 0.717) is 0 Å². The summed E-state index contributed by atoms with van der Waals surface area (Å²) in [5.74, 6) is 2.59. The summed E-state index contributed by atoms with van der Waals surface area (Å²) in [5.41, 5.74) is 1.88. The van der Waals surface area contributed by atoms with Gasteiger partial charge in [-0.1, -0.05) is 19.1 Å². The van der Waals surface area contributed by atoms with Gasteiger partial charge in [0.1, 0.15) is 5.52 Å². The standard InChI is InChI=1S/C20H29N3O/c1-16-8-11-22(12-9-16)13-17-5-4-10-23(14-17)15-20-21-18-6-2-3-7-19(18)24-20/h2-3,6-7,16-17H,4-5,8-15H2,1H3. The minimum absolute atomic E-state index is 0.802. The summed E-state index contributed by atoms with van der Waals surface area (Å²) in [4.78, 5) is 9.86. The molecule has 4 nitrogen and oxygen atoms in total. The predicted molar refractivity (Wildman–Crippen MR) is 96.8 cm³/mol. The van der Waals surface area contributed by atoms with Crippen LogP contribution in [0.4, 0.5) is 0 Å². The van der Waals surface area contributed by atoms with Crippen molar-refractivity contribution in [1.82, 2.24) is 14.8 Å². The second kappa shape index (κ2) is 7.24. The maximum Gasteiger partial charge on any atom is 0.209 e. The third-order valence-corrected chi connectivity index (χ3v) is 5.69. The van der Waals surface area contributed by atoms with Crippen molar-refractivity contribution in [3.63, 3.8) is 0 Å². The molecule has 0 radical (unpaired) electrons. The third kappa shape index (κ3) is 3.81. The lowest BCUT2D eigenvalue weighted by Crippen LogP contribution is -2.43. The van der Waals surface area contributed by atoms with Crippen LogP contribution in [-0.2, 0) is 6.54 Å². The van der Waals surface area contributed by atoms with E-state index in [1.54, 1.807) is 0 Å². The molecule has 3 heterocycles. The molecule has 2 fully saturated rings. The number of hydrogen-bond donors (Lipinski definition) is 0.